The first-order valence-electron chi connectivity index (χ1n) is 5.34. The molecule has 2 atom stereocenters. The number of aromatic amines is 1. The molecular weight excluding hydrogens is 242 g/mol. The molecule has 0 fully saturated rings. The van der Waals surface area contributed by atoms with Gasteiger partial charge in [0.15, 0.2) is 9.84 Å². The molecule has 17 heavy (non-hydrogen) atoms. The van der Waals surface area contributed by atoms with Crippen molar-refractivity contribution in [3.05, 3.63) is 18.2 Å². The van der Waals surface area contributed by atoms with Gasteiger partial charge in [-0.15, -0.1) is 0 Å². The van der Waals surface area contributed by atoms with Gasteiger partial charge in [0.1, 0.15) is 11.1 Å². The summed E-state index contributed by atoms with van der Waals surface area (Å²) < 4.78 is 22.5. The van der Waals surface area contributed by atoms with Crippen molar-refractivity contribution in [2.45, 2.75) is 31.6 Å². The van der Waals surface area contributed by atoms with Gasteiger partial charge < -0.3 is 10.3 Å². The van der Waals surface area contributed by atoms with E-state index in [0.717, 1.165) is 6.26 Å². The lowest BCUT2D eigenvalue weighted by Gasteiger charge is -2.17. The van der Waals surface area contributed by atoms with Gasteiger partial charge >= 0.3 is 0 Å². The number of imidazole rings is 1. The third-order valence-corrected chi connectivity index (χ3v) is 4.08. The number of carbonyl (C=O) groups is 1. The molecule has 1 heterocycles. The summed E-state index contributed by atoms with van der Waals surface area (Å²) in [6, 6.07) is -0.290. The Kier molecular flexibility index (Phi) is 4.28. The van der Waals surface area contributed by atoms with Gasteiger partial charge in [0.25, 0.3) is 0 Å². The third-order valence-electron chi connectivity index (χ3n) is 2.59. The topological polar surface area (TPSA) is 91.9 Å². The van der Waals surface area contributed by atoms with Crippen LogP contribution in [0.4, 0.5) is 0 Å². The Morgan fingerprint density at radius 3 is 2.65 bits per heavy atom. The molecule has 0 bridgehead atoms. The average molecular weight is 259 g/mol. The van der Waals surface area contributed by atoms with Crippen LogP contribution in [0.1, 0.15) is 32.1 Å². The van der Waals surface area contributed by atoms with E-state index in [4.69, 9.17) is 0 Å². The van der Waals surface area contributed by atoms with Crippen LogP contribution in [0, 0.1) is 0 Å². The van der Waals surface area contributed by atoms with E-state index in [1.165, 1.54) is 6.92 Å². The Bertz CT molecular complexity index is 467. The highest BCUT2D eigenvalue weighted by atomic mass is 32.2. The summed E-state index contributed by atoms with van der Waals surface area (Å²) in [7, 11) is -3.37. The van der Waals surface area contributed by atoms with Crippen LogP contribution in [0.25, 0.3) is 0 Å². The second-order valence-corrected chi connectivity index (χ2v) is 6.28. The van der Waals surface area contributed by atoms with Gasteiger partial charge in [0.05, 0.1) is 6.04 Å². The summed E-state index contributed by atoms with van der Waals surface area (Å²) >= 11 is 0. The van der Waals surface area contributed by atoms with E-state index in [9.17, 15) is 13.2 Å². The van der Waals surface area contributed by atoms with E-state index >= 15 is 0 Å². The number of nitrogens with one attached hydrogen (secondary N) is 2. The van der Waals surface area contributed by atoms with E-state index in [0.29, 0.717) is 12.2 Å². The molecule has 0 aliphatic heterocycles. The van der Waals surface area contributed by atoms with Crippen LogP contribution in [0.15, 0.2) is 12.4 Å². The van der Waals surface area contributed by atoms with Crippen molar-refractivity contribution in [2.24, 2.45) is 0 Å². The van der Waals surface area contributed by atoms with Crippen LogP contribution in [0.3, 0.4) is 0 Å². The van der Waals surface area contributed by atoms with Crippen molar-refractivity contribution in [2.75, 3.05) is 6.26 Å². The summed E-state index contributed by atoms with van der Waals surface area (Å²) in [5.41, 5.74) is 0. The lowest BCUT2D eigenvalue weighted by Crippen LogP contribution is -2.39. The molecule has 96 valence electrons. The van der Waals surface area contributed by atoms with Crippen molar-refractivity contribution in [3.8, 4) is 0 Å². The Morgan fingerprint density at radius 2 is 2.24 bits per heavy atom. The fourth-order valence-corrected chi connectivity index (χ4v) is 1.77. The highest BCUT2D eigenvalue weighted by Gasteiger charge is 2.26. The number of hydrogen-bond donors (Lipinski definition) is 2. The van der Waals surface area contributed by atoms with E-state index in [1.807, 2.05) is 6.92 Å². The smallest absolute Gasteiger partial charge is 0.238 e. The molecule has 0 saturated carbocycles. The molecule has 0 radical (unpaired) electrons. The summed E-state index contributed by atoms with van der Waals surface area (Å²) in [4.78, 5) is 18.7. The number of sulfone groups is 1. The molecule has 1 aromatic rings. The summed E-state index contributed by atoms with van der Waals surface area (Å²) in [5.74, 6) is 0.123. The van der Waals surface area contributed by atoms with Crippen LogP contribution < -0.4 is 5.32 Å². The van der Waals surface area contributed by atoms with Gasteiger partial charge in [-0.3, -0.25) is 4.79 Å². The largest absolute Gasteiger partial charge is 0.347 e. The highest BCUT2D eigenvalue weighted by Crippen LogP contribution is 2.12. The fourth-order valence-electron chi connectivity index (χ4n) is 1.32. The average Bonchev–Trinajstić information content (AvgIpc) is 2.76. The molecule has 0 aliphatic rings. The maximum Gasteiger partial charge on any atom is 0.238 e. The number of nitrogens with zero attached hydrogens (tertiary/aromatic N) is 1. The van der Waals surface area contributed by atoms with Crippen LogP contribution in [-0.2, 0) is 14.6 Å². The Labute approximate surface area is 101 Å². The normalized spacial score (nSPS) is 15.2. The minimum atomic E-state index is -3.37. The van der Waals surface area contributed by atoms with Crippen LogP contribution in [0.5, 0.6) is 0 Å². The summed E-state index contributed by atoms with van der Waals surface area (Å²) in [6.45, 7) is 3.26. The monoisotopic (exact) mass is 259 g/mol. The van der Waals surface area contributed by atoms with Crippen molar-refractivity contribution in [3.63, 3.8) is 0 Å². The molecule has 7 heteroatoms. The van der Waals surface area contributed by atoms with Gasteiger partial charge in [-0.1, -0.05) is 6.92 Å². The second-order valence-electron chi connectivity index (χ2n) is 3.92. The van der Waals surface area contributed by atoms with Crippen LogP contribution in [-0.4, -0.2) is 35.8 Å². The zero-order chi connectivity index (χ0) is 13.1. The minimum Gasteiger partial charge on any atom is -0.347 e. The van der Waals surface area contributed by atoms with Crippen molar-refractivity contribution >= 4 is 15.7 Å². The Morgan fingerprint density at radius 1 is 1.59 bits per heavy atom. The molecule has 0 saturated heterocycles. The molecule has 6 nitrogen and oxygen atoms in total. The van der Waals surface area contributed by atoms with E-state index in [-0.39, 0.29) is 6.04 Å². The first kappa shape index (κ1) is 13.7. The molecule has 1 rings (SSSR count). The molecular formula is C10H17N3O3S. The molecule has 0 spiro atoms. The number of H-pyrrole nitrogens is 1. The van der Waals surface area contributed by atoms with E-state index in [2.05, 4.69) is 15.3 Å². The van der Waals surface area contributed by atoms with Crippen LogP contribution in [0.2, 0.25) is 0 Å². The molecule has 1 aromatic heterocycles. The maximum atomic E-state index is 11.7. The molecule has 0 aromatic carbocycles. The number of aromatic nitrogens is 2. The SMILES string of the molecule is CCC(NC(=O)C(C)S(C)(=O)=O)c1ncc[nH]1. The van der Waals surface area contributed by atoms with E-state index < -0.39 is 21.0 Å². The van der Waals surface area contributed by atoms with Crippen molar-refractivity contribution in [1.29, 1.82) is 0 Å². The fraction of sp³-hybridized carbons (Fsp3) is 0.600. The molecule has 0 aliphatic carbocycles. The van der Waals surface area contributed by atoms with E-state index in [1.54, 1.807) is 12.4 Å². The molecule has 1 amide bonds. The predicted octanol–water partition coefficient (Wildman–Crippen LogP) is 0.410. The highest BCUT2D eigenvalue weighted by molar-refractivity contribution is 7.92. The lowest BCUT2D eigenvalue weighted by molar-refractivity contribution is -0.121. The molecule has 2 unspecified atom stereocenters. The minimum absolute atomic E-state index is 0.290. The number of amides is 1. The summed E-state index contributed by atoms with van der Waals surface area (Å²) in [5, 5.41) is 1.61. The number of rotatable bonds is 5. The standard InChI is InChI=1S/C10H17N3O3S/c1-4-8(9-11-5-6-12-9)13-10(14)7(2)17(3,15)16/h5-8H,4H2,1-3H3,(H,11,12)(H,13,14). The van der Waals surface area contributed by atoms with Crippen molar-refractivity contribution < 1.29 is 13.2 Å². The first-order valence-corrected chi connectivity index (χ1v) is 7.30. The zero-order valence-electron chi connectivity index (χ0n) is 10.1. The van der Waals surface area contributed by atoms with Gasteiger partial charge in [-0.2, -0.15) is 0 Å². The van der Waals surface area contributed by atoms with Gasteiger partial charge in [0, 0.05) is 18.6 Å². The quantitative estimate of drug-likeness (QED) is 0.801. The van der Waals surface area contributed by atoms with Gasteiger partial charge in [0.2, 0.25) is 5.91 Å². The Balaban J connectivity index is 2.74. The summed E-state index contributed by atoms with van der Waals surface area (Å²) in [6.07, 6.45) is 4.93. The lowest BCUT2D eigenvalue weighted by atomic mass is 10.2. The third kappa shape index (κ3) is 3.55. The van der Waals surface area contributed by atoms with Gasteiger partial charge in [-0.25, -0.2) is 13.4 Å². The number of carbonyl (C=O) groups excluding carboxylic acids is 1. The van der Waals surface area contributed by atoms with Gasteiger partial charge in [-0.05, 0) is 13.3 Å². The van der Waals surface area contributed by atoms with Crippen LogP contribution >= 0.6 is 0 Å². The van der Waals surface area contributed by atoms with Crippen molar-refractivity contribution in [1.82, 2.24) is 15.3 Å². The first-order chi connectivity index (χ1) is 7.86. The number of hydrogen-bond acceptors (Lipinski definition) is 4. The predicted molar refractivity (Wildman–Crippen MR) is 64.1 cm³/mol. The Hall–Kier alpha value is -1.37. The molecule has 2 N–H and O–H groups in total. The zero-order valence-corrected chi connectivity index (χ0v) is 10.9. The second kappa shape index (κ2) is 5.31. The maximum absolute atomic E-state index is 11.7.